The van der Waals surface area contributed by atoms with Crippen molar-refractivity contribution < 1.29 is 14.4 Å². The highest BCUT2D eigenvalue weighted by molar-refractivity contribution is 9.10. The first-order chi connectivity index (χ1) is 10.0. The molecule has 0 bridgehead atoms. The smallest absolute Gasteiger partial charge is 0.311 e. The van der Waals surface area contributed by atoms with Gasteiger partial charge in [0.1, 0.15) is 11.5 Å². The standard InChI is InChI=1S/C14H13BrN2O4/c1-20-10-4-5-13(17(18)19)14(7-10)21-11-3-2-9(8-16)12(15)6-11/h2-7H,8,16H2,1H3. The summed E-state index contributed by atoms with van der Waals surface area (Å²) in [4.78, 5) is 10.5. The quantitative estimate of drug-likeness (QED) is 0.655. The molecule has 0 saturated carbocycles. The second kappa shape index (κ2) is 6.55. The van der Waals surface area contributed by atoms with Crippen molar-refractivity contribution in [2.24, 2.45) is 5.73 Å². The van der Waals surface area contributed by atoms with Gasteiger partial charge in [-0.1, -0.05) is 22.0 Å². The van der Waals surface area contributed by atoms with Crippen LogP contribution in [0.5, 0.6) is 17.2 Å². The van der Waals surface area contributed by atoms with Crippen molar-refractivity contribution in [3.63, 3.8) is 0 Å². The highest BCUT2D eigenvalue weighted by atomic mass is 79.9. The highest BCUT2D eigenvalue weighted by Gasteiger charge is 2.17. The lowest BCUT2D eigenvalue weighted by Gasteiger charge is -2.09. The number of benzene rings is 2. The van der Waals surface area contributed by atoms with Gasteiger partial charge in [0.15, 0.2) is 0 Å². The van der Waals surface area contributed by atoms with E-state index >= 15 is 0 Å². The molecule has 0 aromatic heterocycles. The number of rotatable bonds is 5. The molecule has 110 valence electrons. The Labute approximate surface area is 129 Å². The predicted octanol–water partition coefficient (Wildman–Crippen LogP) is 3.62. The fraction of sp³-hybridized carbons (Fsp3) is 0.143. The van der Waals surface area contributed by atoms with Gasteiger partial charge in [-0.3, -0.25) is 10.1 Å². The topological polar surface area (TPSA) is 87.6 Å². The number of nitro benzene ring substituents is 1. The van der Waals surface area contributed by atoms with Crippen LogP contribution in [-0.4, -0.2) is 12.0 Å². The molecule has 0 radical (unpaired) electrons. The Hall–Kier alpha value is -2.12. The van der Waals surface area contributed by atoms with Gasteiger partial charge >= 0.3 is 5.69 Å². The highest BCUT2D eigenvalue weighted by Crippen LogP contribution is 2.35. The van der Waals surface area contributed by atoms with Gasteiger partial charge in [-0.25, -0.2) is 0 Å². The number of methoxy groups -OCH3 is 1. The van der Waals surface area contributed by atoms with Gasteiger partial charge in [0, 0.05) is 23.2 Å². The van der Waals surface area contributed by atoms with Gasteiger partial charge in [-0.15, -0.1) is 0 Å². The van der Waals surface area contributed by atoms with Gasteiger partial charge in [-0.2, -0.15) is 0 Å². The van der Waals surface area contributed by atoms with Crippen molar-refractivity contribution in [3.05, 3.63) is 56.5 Å². The molecule has 2 N–H and O–H groups in total. The minimum Gasteiger partial charge on any atom is -0.497 e. The van der Waals surface area contributed by atoms with E-state index < -0.39 is 4.92 Å². The minimum atomic E-state index is -0.502. The first-order valence-electron chi connectivity index (χ1n) is 6.04. The van der Waals surface area contributed by atoms with Crippen LogP contribution in [0.3, 0.4) is 0 Å². The second-order valence-corrected chi connectivity index (χ2v) is 5.00. The molecular weight excluding hydrogens is 340 g/mol. The van der Waals surface area contributed by atoms with E-state index in [-0.39, 0.29) is 11.4 Å². The SMILES string of the molecule is COc1ccc([N+](=O)[O-])c(Oc2ccc(CN)c(Br)c2)c1. The average molecular weight is 353 g/mol. The van der Waals surface area contributed by atoms with Crippen LogP contribution in [0.15, 0.2) is 40.9 Å². The number of nitrogens with two attached hydrogens (primary N) is 1. The van der Waals surface area contributed by atoms with Crippen LogP contribution in [0.1, 0.15) is 5.56 Å². The van der Waals surface area contributed by atoms with E-state index in [1.807, 2.05) is 0 Å². The Morgan fingerprint density at radius 2 is 1.95 bits per heavy atom. The Morgan fingerprint density at radius 3 is 2.52 bits per heavy atom. The summed E-state index contributed by atoms with van der Waals surface area (Å²) in [6.45, 7) is 0.389. The first kappa shape index (κ1) is 15.3. The Morgan fingerprint density at radius 1 is 1.24 bits per heavy atom. The van der Waals surface area contributed by atoms with Gasteiger partial charge in [0.05, 0.1) is 12.0 Å². The molecule has 0 amide bonds. The first-order valence-corrected chi connectivity index (χ1v) is 6.83. The number of nitrogens with zero attached hydrogens (tertiary/aromatic N) is 1. The third kappa shape index (κ3) is 3.50. The maximum atomic E-state index is 11.0. The number of hydrogen-bond donors (Lipinski definition) is 1. The largest absolute Gasteiger partial charge is 0.497 e. The van der Waals surface area contributed by atoms with Gasteiger partial charge in [0.25, 0.3) is 0 Å². The molecule has 0 aliphatic rings. The molecule has 6 nitrogen and oxygen atoms in total. The van der Waals surface area contributed by atoms with Crippen molar-refractivity contribution in [2.75, 3.05) is 7.11 Å². The van der Waals surface area contributed by atoms with E-state index in [1.54, 1.807) is 18.2 Å². The van der Waals surface area contributed by atoms with E-state index in [2.05, 4.69) is 15.9 Å². The van der Waals surface area contributed by atoms with Crippen LogP contribution >= 0.6 is 15.9 Å². The third-order valence-electron chi connectivity index (χ3n) is 2.84. The van der Waals surface area contributed by atoms with Crippen LogP contribution in [0, 0.1) is 10.1 Å². The van der Waals surface area contributed by atoms with Crippen molar-refractivity contribution in [3.8, 4) is 17.2 Å². The monoisotopic (exact) mass is 352 g/mol. The molecule has 0 heterocycles. The molecule has 0 saturated heterocycles. The Bertz CT molecular complexity index is 676. The fourth-order valence-corrected chi connectivity index (χ4v) is 2.26. The van der Waals surface area contributed by atoms with E-state index in [1.165, 1.54) is 25.3 Å². The minimum absolute atomic E-state index is 0.117. The molecule has 0 aliphatic heterocycles. The summed E-state index contributed by atoms with van der Waals surface area (Å²) in [6.07, 6.45) is 0. The normalized spacial score (nSPS) is 10.2. The van der Waals surface area contributed by atoms with Crippen LogP contribution in [-0.2, 0) is 6.54 Å². The summed E-state index contributed by atoms with van der Waals surface area (Å²) in [7, 11) is 1.48. The maximum absolute atomic E-state index is 11.0. The van der Waals surface area contributed by atoms with Crippen molar-refractivity contribution in [1.82, 2.24) is 0 Å². The van der Waals surface area contributed by atoms with Crippen molar-refractivity contribution in [1.29, 1.82) is 0 Å². The molecule has 0 fully saturated rings. The number of ether oxygens (including phenoxy) is 2. The zero-order chi connectivity index (χ0) is 15.4. The van der Waals surface area contributed by atoms with E-state index in [0.29, 0.717) is 18.0 Å². The molecule has 2 rings (SSSR count). The summed E-state index contributed by atoms with van der Waals surface area (Å²) in [6, 6.07) is 9.55. The lowest BCUT2D eigenvalue weighted by atomic mass is 10.2. The number of halogens is 1. The summed E-state index contributed by atoms with van der Waals surface area (Å²) in [5, 5.41) is 11.0. The molecule has 0 unspecified atom stereocenters. The van der Waals surface area contributed by atoms with Gasteiger partial charge in [0.2, 0.25) is 5.75 Å². The van der Waals surface area contributed by atoms with Gasteiger partial charge in [-0.05, 0) is 23.8 Å². The molecule has 2 aromatic carbocycles. The van der Waals surface area contributed by atoms with Crippen LogP contribution < -0.4 is 15.2 Å². The van der Waals surface area contributed by atoms with Crippen LogP contribution in [0.2, 0.25) is 0 Å². The van der Waals surface area contributed by atoms with E-state index in [4.69, 9.17) is 15.2 Å². The van der Waals surface area contributed by atoms with Gasteiger partial charge < -0.3 is 15.2 Å². The molecule has 7 heteroatoms. The Kier molecular flexibility index (Phi) is 4.77. The van der Waals surface area contributed by atoms with Crippen LogP contribution in [0.4, 0.5) is 5.69 Å². The lowest BCUT2D eigenvalue weighted by Crippen LogP contribution is -1.98. The van der Waals surface area contributed by atoms with E-state index in [0.717, 1.165) is 10.0 Å². The zero-order valence-corrected chi connectivity index (χ0v) is 12.8. The maximum Gasteiger partial charge on any atom is 0.311 e. The predicted molar refractivity (Wildman–Crippen MR) is 81.8 cm³/mol. The molecule has 0 atom stereocenters. The van der Waals surface area contributed by atoms with Crippen LogP contribution in [0.25, 0.3) is 0 Å². The third-order valence-corrected chi connectivity index (χ3v) is 3.57. The summed E-state index contributed by atoms with van der Waals surface area (Å²) < 4.78 is 11.4. The van der Waals surface area contributed by atoms with Crippen molar-refractivity contribution >= 4 is 21.6 Å². The molecule has 0 spiro atoms. The van der Waals surface area contributed by atoms with E-state index in [9.17, 15) is 10.1 Å². The second-order valence-electron chi connectivity index (χ2n) is 4.15. The zero-order valence-electron chi connectivity index (χ0n) is 11.2. The number of hydrogen-bond acceptors (Lipinski definition) is 5. The molecular formula is C14H13BrN2O4. The fourth-order valence-electron chi connectivity index (χ4n) is 1.74. The Balaban J connectivity index is 2.37. The molecule has 21 heavy (non-hydrogen) atoms. The molecule has 0 aliphatic carbocycles. The molecule has 2 aromatic rings. The van der Waals surface area contributed by atoms with Crippen molar-refractivity contribution in [2.45, 2.75) is 6.54 Å². The average Bonchev–Trinajstić information content (AvgIpc) is 2.47. The summed E-state index contributed by atoms with van der Waals surface area (Å²) >= 11 is 3.38. The summed E-state index contributed by atoms with van der Waals surface area (Å²) in [5.74, 6) is 1.07. The number of nitro groups is 1. The summed E-state index contributed by atoms with van der Waals surface area (Å²) in [5.41, 5.74) is 6.37. The lowest BCUT2D eigenvalue weighted by molar-refractivity contribution is -0.385.